The number of fused-ring (bicyclic) bond motifs is 6. The van der Waals surface area contributed by atoms with Gasteiger partial charge in [-0.3, -0.25) is 0 Å². The number of aromatic nitrogens is 3. The predicted molar refractivity (Wildman–Crippen MR) is 89.3 cm³/mol. The number of hydrogen-bond donors (Lipinski definition) is 1. The minimum absolute atomic E-state index is 0.117. The number of nitrogens with zero attached hydrogens (tertiary/aromatic N) is 8. The quantitative estimate of drug-likeness (QED) is 0.804. The molecule has 4 heterocycles. The third-order valence-corrected chi connectivity index (χ3v) is 5.20. The first kappa shape index (κ1) is 14.1. The van der Waals surface area contributed by atoms with E-state index in [-0.39, 0.29) is 12.8 Å². The number of para-hydroxylation sites is 1. The lowest BCUT2D eigenvalue weighted by Gasteiger charge is -2.41. The van der Waals surface area contributed by atoms with Crippen LogP contribution < -0.4 is 10.0 Å². The van der Waals surface area contributed by atoms with E-state index in [1.165, 1.54) is 11.0 Å². The van der Waals surface area contributed by atoms with Crippen molar-refractivity contribution in [3.8, 4) is 0 Å². The lowest BCUT2D eigenvalue weighted by atomic mass is 10.1. The maximum atomic E-state index is 14.0. The Labute approximate surface area is 147 Å². The standard InChI is InChI=1S/C16H15FN8O/c17-21-8-14-22(10-21)12-4-2-1-3-11(12)15-18-9-24(25(14)15)23-7-13(19-20-23)16(26)5-6-16/h1-4,7-9,15,26H,5-6,10H2. The molecule has 3 aliphatic heterocycles. The van der Waals surface area contributed by atoms with Crippen molar-refractivity contribution in [3.05, 3.63) is 53.7 Å². The first-order valence-electron chi connectivity index (χ1n) is 8.42. The molecule has 1 saturated carbocycles. The van der Waals surface area contributed by atoms with E-state index in [9.17, 15) is 9.59 Å². The highest BCUT2D eigenvalue weighted by atomic mass is 19.2. The van der Waals surface area contributed by atoms with Crippen LogP contribution in [0.15, 0.2) is 47.5 Å². The van der Waals surface area contributed by atoms with Gasteiger partial charge < -0.3 is 10.0 Å². The number of anilines is 1. The van der Waals surface area contributed by atoms with Crippen LogP contribution >= 0.6 is 0 Å². The molecule has 1 unspecified atom stereocenters. The topological polar surface area (TPSA) is 76.3 Å². The van der Waals surface area contributed by atoms with Crippen molar-refractivity contribution in [2.24, 2.45) is 4.99 Å². The van der Waals surface area contributed by atoms with E-state index in [4.69, 9.17) is 0 Å². The molecule has 4 aliphatic rings. The first-order valence-corrected chi connectivity index (χ1v) is 8.42. The molecule has 0 amide bonds. The zero-order chi connectivity index (χ0) is 17.5. The Bertz CT molecular complexity index is 967. The van der Waals surface area contributed by atoms with Crippen molar-refractivity contribution in [1.29, 1.82) is 0 Å². The second-order valence-corrected chi connectivity index (χ2v) is 6.87. The SMILES string of the molecule is OC1(c2cn(N3C=NC4c5ccccc5N5CN(F)C=C5N43)nn2)CC1. The highest BCUT2D eigenvalue weighted by Gasteiger charge is 2.47. The predicted octanol–water partition coefficient (Wildman–Crippen LogP) is 0.932. The Balaban J connectivity index is 1.44. The molecule has 0 saturated heterocycles. The monoisotopic (exact) mass is 354 g/mol. The van der Waals surface area contributed by atoms with E-state index in [1.807, 2.05) is 34.2 Å². The van der Waals surface area contributed by atoms with Crippen LogP contribution in [-0.4, -0.2) is 43.3 Å². The molecule has 1 aromatic heterocycles. The molecular formula is C16H15FN8O. The van der Waals surface area contributed by atoms with Crippen molar-refractivity contribution in [2.45, 2.75) is 24.6 Å². The Morgan fingerprint density at radius 3 is 2.92 bits per heavy atom. The van der Waals surface area contributed by atoms with Crippen LogP contribution in [0.25, 0.3) is 0 Å². The molecule has 6 rings (SSSR count). The highest BCUT2D eigenvalue weighted by molar-refractivity contribution is 5.73. The van der Waals surface area contributed by atoms with E-state index in [0.717, 1.165) is 11.3 Å². The van der Waals surface area contributed by atoms with Crippen LogP contribution in [0.4, 0.5) is 10.2 Å². The normalized spacial score (nSPS) is 24.5. The van der Waals surface area contributed by atoms with Gasteiger partial charge in [0.2, 0.25) is 0 Å². The second kappa shape index (κ2) is 4.52. The van der Waals surface area contributed by atoms with Gasteiger partial charge >= 0.3 is 0 Å². The van der Waals surface area contributed by atoms with Gasteiger partial charge in [0.15, 0.2) is 12.0 Å². The van der Waals surface area contributed by atoms with Gasteiger partial charge in [0.05, 0.1) is 18.1 Å². The molecule has 9 nitrogen and oxygen atoms in total. The van der Waals surface area contributed by atoms with Crippen LogP contribution in [0.5, 0.6) is 0 Å². The van der Waals surface area contributed by atoms with Gasteiger partial charge in [-0.15, -0.1) is 9.89 Å². The number of aliphatic imine (C=N–C) groups is 1. The van der Waals surface area contributed by atoms with Crippen LogP contribution in [0, 0.1) is 0 Å². The second-order valence-electron chi connectivity index (χ2n) is 6.87. The molecule has 26 heavy (non-hydrogen) atoms. The van der Waals surface area contributed by atoms with Crippen molar-refractivity contribution in [2.75, 3.05) is 16.7 Å². The average Bonchev–Trinajstić information content (AvgIpc) is 3.05. The van der Waals surface area contributed by atoms with Crippen LogP contribution in [-0.2, 0) is 5.60 Å². The third-order valence-electron chi connectivity index (χ3n) is 5.20. The van der Waals surface area contributed by atoms with Gasteiger partial charge in [0.25, 0.3) is 0 Å². The molecule has 0 spiro atoms. The molecule has 2 aromatic rings. The fraction of sp³-hybridized carbons (Fsp3) is 0.312. The largest absolute Gasteiger partial charge is 0.383 e. The minimum Gasteiger partial charge on any atom is -0.383 e. The van der Waals surface area contributed by atoms with E-state index < -0.39 is 5.60 Å². The Morgan fingerprint density at radius 1 is 1.23 bits per heavy atom. The summed E-state index contributed by atoms with van der Waals surface area (Å²) >= 11 is 0. The number of halogens is 1. The third kappa shape index (κ3) is 1.74. The molecule has 0 radical (unpaired) electrons. The molecule has 1 N–H and O–H groups in total. The number of rotatable bonds is 2. The Morgan fingerprint density at radius 2 is 2.08 bits per heavy atom. The summed E-state index contributed by atoms with van der Waals surface area (Å²) in [5, 5.41) is 22.7. The number of aliphatic hydroxyl groups is 1. The van der Waals surface area contributed by atoms with Gasteiger partial charge in [-0.05, 0) is 24.1 Å². The first-order chi connectivity index (χ1) is 12.6. The van der Waals surface area contributed by atoms with Gasteiger partial charge in [-0.2, -0.15) is 10.2 Å². The molecular weight excluding hydrogens is 339 g/mol. The van der Waals surface area contributed by atoms with E-state index in [2.05, 4.69) is 15.3 Å². The minimum atomic E-state index is -0.864. The summed E-state index contributed by atoms with van der Waals surface area (Å²) in [5.74, 6) is 0.663. The molecule has 0 bridgehead atoms. The van der Waals surface area contributed by atoms with Gasteiger partial charge in [-0.1, -0.05) is 22.7 Å². The summed E-state index contributed by atoms with van der Waals surface area (Å²) in [5.41, 5.74) is 1.60. The van der Waals surface area contributed by atoms with Gasteiger partial charge in [0, 0.05) is 5.56 Å². The Hall–Kier alpha value is -3.14. The summed E-state index contributed by atoms with van der Waals surface area (Å²) in [6, 6.07) is 7.84. The fourth-order valence-electron chi connectivity index (χ4n) is 3.67. The van der Waals surface area contributed by atoms with E-state index in [1.54, 1.807) is 17.7 Å². The average molecular weight is 354 g/mol. The Kier molecular flexibility index (Phi) is 2.45. The van der Waals surface area contributed by atoms with Crippen LogP contribution in [0.2, 0.25) is 0 Å². The number of hydrazine groups is 1. The molecule has 1 fully saturated rings. The van der Waals surface area contributed by atoms with Crippen LogP contribution in [0.1, 0.15) is 30.3 Å². The summed E-state index contributed by atoms with van der Waals surface area (Å²) in [6.45, 7) is 0.117. The molecule has 1 aliphatic carbocycles. The summed E-state index contributed by atoms with van der Waals surface area (Å²) < 4.78 is 14.0. The maximum absolute atomic E-state index is 14.0. The maximum Gasteiger partial charge on any atom is 0.173 e. The highest BCUT2D eigenvalue weighted by Crippen LogP contribution is 2.46. The van der Waals surface area contributed by atoms with Gasteiger partial charge in [0.1, 0.15) is 24.3 Å². The van der Waals surface area contributed by atoms with Gasteiger partial charge in [-0.25, -0.2) is 10.0 Å². The zero-order valence-corrected chi connectivity index (χ0v) is 13.6. The number of benzene rings is 1. The van der Waals surface area contributed by atoms with E-state index >= 15 is 0 Å². The van der Waals surface area contributed by atoms with Crippen molar-refractivity contribution < 1.29 is 9.59 Å². The van der Waals surface area contributed by atoms with Crippen molar-refractivity contribution in [3.63, 3.8) is 0 Å². The zero-order valence-electron chi connectivity index (χ0n) is 13.6. The fourth-order valence-corrected chi connectivity index (χ4v) is 3.67. The number of hydrogen-bond acceptors (Lipinski definition) is 8. The molecule has 1 atom stereocenters. The molecule has 132 valence electrons. The van der Waals surface area contributed by atoms with Crippen molar-refractivity contribution >= 4 is 12.0 Å². The lowest BCUT2D eigenvalue weighted by Crippen LogP contribution is -2.51. The summed E-state index contributed by atoms with van der Waals surface area (Å²) in [6.07, 6.45) is 5.84. The van der Waals surface area contributed by atoms with E-state index in [0.29, 0.717) is 29.5 Å². The molecule has 10 heteroatoms. The smallest absolute Gasteiger partial charge is 0.173 e. The summed E-state index contributed by atoms with van der Waals surface area (Å²) in [7, 11) is 0. The molecule has 1 aromatic carbocycles. The van der Waals surface area contributed by atoms with Crippen LogP contribution in [0.3, 0.4) is 0 Å². The summed E-state index contributed by atoms with van der Waals surface area (Å²) in [4.78, 5) is 8.00. The lowest BCUT2D eigenvalue weighted by molar-refractivity contribution is 0.104. The van der Waals surface area contributed by atoms with Crippen molar-refractivity contribution in [1.82, 2.24) is 25.2 Å².